The molecule has 0 saturated carbocycles. The molecule has 0 aromatic heterocycles. The van der Waals surface area contributed by atoms with Crippen LogP contribution in [0.25, 0.3) is 0 Å². The van der Waals surface area contributed by atoms with Crippen molar-refractivity contribution in [1.82, 2.24) is 0 Å². The van der Waals surface area contributed by atoms with Crippen molar-refractivity contribution in [2.75, 3.05) is 6.54 Å². The van der Waals surface area contributed by atoms with Crippen LogP contribution in [-0.2, 0) is 4.79 Å². The number of nitrogens with zero attached hydrogens (tertiary/aromatic N) is 1. The van der Waals surface area contributed by atoms with Gasteiger partial charge in [-0.3, -0.25) is 4.79 Å². The lowest BCUT2D eigenvalue weighted by molar-refractivity contribution is -0.186. The van der Waals surface area contributed by atoms with Gasteiger partial charge in [0.05, 0.1) is 0 Å². The maximum Gasteiger partial charge on any atom is 0.427 e. The van der Waals surface area contributed by atoms with Crippen LogP contribution in [0.1, 0.15) is 0 Å². The molecule has 1 unspecified atom stereocenters. The molecule has 0 fully saturated rings. The fourth-order valence-corrected chi connectivity index (χ4v) is 0.490. The van der Waals surface area contributed by atoms with Crippen LogP contribution in [0, 0.1) is 4.91 Å². The molecule has 0 saturated heterocycles. The van der Waals surface area contributed by atoms with Crippen LogP contribution in [0.4, 0.5) is 13.2 Å². The van der Waals surface area contributed by atoms with E-state index in [4.69, 9.17) is 0 Å². The molecule has 12 heavy (non-hydrogen) atoms. The molecule has 70 valence electrons. The van der Waals surface area contributed by atoms with Gasteiger partial charge in [-0.15, -0.1) is 4.91 Å². The molecule has 0 spiro atoms. The maximum absolute atomic E-state index is 12.0. The van der Waals surface area contributed by atoms with Gasteiger partial charge in [-0.2, -0.15) is 13.2 Å². The van der Waals surface area contributed by atoms with Crippen LogP contribution >= 0.6 is 0 Å². The van der Waals surface area contributed by atoms with Gasteiger partial charge in [0.15, 0.2) is 0 Å². The standard InChI is InChI=1S/C4H6F3N3O2/c5-4(6,7)3(1-8,10-12)2(9)11/h1,8H2,(H2,9,11). The van der Waals surface area contributed by atoms with Crippen molar-refractivity contribution in [1.29, 1.82) is 0 Å². The number of amides is 1. The lowest BCUT2D eigenvalue weighted by atomic mass is 10.00. The summed E-state index contributed by atoms with van der Waals surface area (Å²) in [5.74, 6) is -1.90. The first kappa shape index (κ1) is 10.8. The summed E-state index contributed by atoms with van der Waals surface area (Å²) >= 11 is 0. The van der Waals surface area contributed by atoms with Gasteiger partial charge >= 0.3 is 6.18 Å². The third-order valence-corrected chi connectivity index (χ3v) is 1.33. The van der Waals surface area contributed by atoms with Crippen molar-refractivity contribution in [2.24, 2.45) is 16.6 Å². The predicted molar refractivity (Wildman–Crippen MR) is 32.8 cm³/mol. The Morgan fingerprint density at radius 2 is 1.83 bits per heavy atom. The zero-order chi connectivity index (χ0) is 9.99. The van der Waals surface area contributed by atoms with E-state index in [1.807, 2.05) is 0 Å². The molecule has 0 rings (SSSR count). The topological polar surface area (TPSA) is 98.5 Å². The Bertz CT molecular complexity index is 204. The Kier molecular flexibility index (Phi) is 2.75. The molecule has 0 aliphatic rings. The number of alkyl halides is 3. The number of primary amides is 1. The van der Waals surface area contributed by atoms with Gasteiger partial charge in [-0.25, -0.2) is 0 Å². The SMILES string of the molecule is NCC(N=O)(C(N)=O)C(F)(F)F. The predicted octanol–water partition coefficient (Wildman–Crippen LogP) is -0.502. The van der Waals surface area contributed by atoms with Crippen molar-refractivity contribution in [3.8, 4) is 0 Å². The number of carbonyl (C=O) groups is 1. The summed E-state index contributed by atoms with van der Waals surface area (Å²) in [5.41, 5.74) is 5.44. The normalized spacial score (nSPS) is 16.7. The fraction of sp³-hybridized carbons (Fsp3) is 0.750. The summed E-state index contributed by atoms with van der Waals surface area (Å²) in [6.45, 7) is -1.28. The first-order valence-corrected chi connectivity index (χ1v) is 2.73. The molecule has 1 amide bonds. The molecule has 0 aliphatic carbocycles. The highest BCUT2D eigenvalue weighted by Crippen LogP contribution is 2.32. The number of carbonyl (C=O) groups excluding carboxylic acids is 1. The molecule has 0 aromatic rings. The molecule has 0 aliphatic heterocycles. The van der Waals surface area contributed by atoms with Crippen LogP contribution in [0.3, 0.4) is 0 Å². The lowest BCUT2D eigenvalue weighted by Crippen LogP contribution is -2.58. The Labute approximate surface area is 64.9 Å². The zero-order valence-electron chi connectivity index (χ0n) is 5.76. The molecule has 4 N–H and O–H groups in total. The third kappa shape index (κ3) is 1.37. The monoisotopic (exact) mass is 185 g/mol. The second-order valence-corrected chi connectivity index (χ2v) is 2.02. The highest BCUT2D eigenvalue weighted by molar-refractivity contribution is 5.86. The van der Waals surface area contributed by atoms with Gasteiger partial charge in [0.25, 0.3) is 11.4 Å². The number of hydrogen-bond donors (Lipinski definition) is 2. The summed E-state index contributed by atoms with van der Waals surface area (Å²) in [6.07, 6.45) is -5.14. The Hall–Kier alpha value is -1.18. The van der Waals surface area contributed by atoms with E-state index in [1.165, 1.54) is 0 Å². The third-order valence-electron chi connectivity index (χ3n) is 1.33. The lowest BCUT2D eigenvalue weighted by Gasteiger charge is -2.23. The van der Waals surface area contributed by atoms with Gasteiger partial charge in [0.1, 0.15) is 0 Å². The Morgan fingerprint density at radius 1 is 1.42 bits per heavy atom. The average Bonchev–Trinajstić information content (AvgIpc) is 1.87. The molecule has 0 heterocycles. The van der Waals surface area contributed by atoms with Crippen LogP contribution < -0.4 is 11.5 Å². The number of halogens is 3. The van der Waals surface area contributed by atoms with E-state index in [0.717, 1.165) is 0 Å². The molecule has 5 nitrogen and oxygen atoms in total. The van der Waals surface area contributed by atoms with Gasteiger partial charge < -0.3 is 11.5 Å². The van der Waals surface area contributed by atoms with E-state index >= 15 is 0 Å². The van der Waals surface area contributed by atoms with Gasteiger partial charge in [0, 0.05) is 6.54 Å². The molecule has 0 bridgehead atoms. The molecule has 0 radical (unpaired) electrons. The van der Waals surface area contributed by atoms with Crippen molar-refractivity contribution in [3.05, 3.63) is 4.91 Å². The highest BCUT2D eigenvalue weighted by Gasteiger charge is 2.61. The minimum atomic E-state index is -5.14. The van der Waals surface area contributed by atoms with Crippen LogP contribution in [0.2, 0.25) is 0 Å². The summed E-state index contributed by atoms with van der Waals surface area (Å²) in [6, 6.07) is 0. The summed E-state index contributed by atoms with van der Waals surface area (Å²) < 4.78 is 35.9. The Balaban J connectivity index is 5.11. The molecule has 8 heteroatoms. The fourth-order valence-electron chi connectivity index (χ4n) is 0.490. The molecule has 0 aromatic carbocycles. The summed E-state index contributed by atoms with van der Waals surface area (Å²) in [4.78, 5) is 20.1. The van der Waals surface area contributed by atoms with Crippen LogP contribution in [0.5, 0.6) is 0 Å². The number of rotatable bonds is 3. The molecule has 1 atom stereocenters. The van der Waals surface area contributed by atoms with E-state index in [1.54, 1.807) is 5.18 Å². The average molecular weight is 185 g/mol. The van der Waals surface area contributed by atoms with Crippen molar-refractivity contribution < 1.29 is 18.0 Å². The van der Waals surface area contributed by atoms with Crippen molar-refractivity contribution in [3.63, 3.8) is 0 Å². The molecular formula is C4H6F3N3O2. The van der Waals surface area contributed by atoms with E-state index in [-0.39, 0.29) is 0 Å². The number of nitrogens with two attached hydrogens (primary N) is 2. The van der Waals surface area contributed by atoms with Gasteiger partial charge in [0.2, 0.25) is 0 Å². The summed E-state index contributed by atoms with van der Waals surface area (Å²) in [7, 11) is 0. The van der Waals surface area contributed by atoms with E-state index < -0.39 is 24.2 Å². The quantitative estimate of drug-likeness (QED) is 0.579. The second kappa shape index (κ2) is 3.05. The van der Waals surface area contributed by atoms with Gasteiger partial charge in [-0.1, -0.05) is 0 Å². The minimum Gasteiger partial charge on any atom is -0.367 e. The first-order chi connectivity index (χ1) is 5.31. The zero-order valence-corrected chi connectivity index (χ0v) is 5.76. The Morgan fingerprint density at radius 3 is 1.83 bits per heavy atom. The second-order valence-electron chi connectivity index (χ2n) is 2.02. The number of hydrogen-bond acceptors (Lipinski definition) is 4. The maximum atomic E-state index is 12.0. The van der Waals surface area contributed by atoms with Gasteiger partial charge in [-0.05, 0) is 5.18 Å². The van der Waals surface area contributed by atoms with Crippen molar-refractivity contribution in [2.45, 2.75) is 11.7 Å². The largest absolute Gasteiger partial charge is 0.427 e. The van der Waals surface area contributed by atoms with Crippen LogP contribution in [-0.4, -0.2) is 24.2 Å². The summed E-state index contributed by atoms with van der Waals surface area (Å²) in [5, 5.41) is 1.63. The molecular weight excluding hydrogens is 179 g/mol. The highest BCUT2D eigenvalue weighted by atomic mass is 19.4. The minimum absolute atomic E-state index is 1.28. The number of nitroso groups, excluding NO2 is 1. The smallest absolute Gasteiger partial charge is 0.367 e. The van der Waals surface area contributed by atoms with Crippen LogP contribution in [0.15, 0.2) is 5.18 Å². The van der Waals surface area contributed by atoms with Crippen molar-refractivity contribution >= 4 is 5.91 Å². The first-order valence-electron chi connectivity index (χ1n) is 2.73. The van der Waals surface area contributed by atoms with E-state index in [9.17, 15) is 22.9 Å². The van der Waals surface area contributed by atoms with E-state index in [2.05, 4.69) is 11.5 Å². The van der Waals surface area contributed by atoms with E-state index in [0.29, 0.717) is 0 Å².